The van der Waals surface area contributed by atoms with Crippen molar-refractivity contribution in [2.24, 2.45) is 0 Å². The smallest absolute Gasteiger partial charge is 0.231 e. The predicted molar refractivity (Wildman–Crippen MR) is 141 cm³/mol. The Morgan fingerprint density at radius 1 is 0.605 bits per heavy atom. The molecule has 1 aliphatic carbocycles. The van der Waals surface area contributed by atoms with Gasteiger partial charge in [0.15, 0.2) is 11.6 Å². The molecule has 1 aliphatic rings. The van der Waals surface area contributed by atoms with Gasteiger partial charge in [0.25, 0.3) is 0 Å². The van der Waals surface area contributed by atoms with Crippen LogP contribution in [0.1, 0.15) is 60.3 Å². The molecule has 0 radical (unpaired) electrons. The number of nitrogens with one attached hydrogen (secondary N) is 2. The number of carbonyl (C=O) groups excluding carboxylic acids is 2. The summed E-state index contributed by atoms with van der Waals surface area (Å²) in [7, 11) is 0. The fourth-order valence-electron chi connectivity index (χ4n) is 4.65. The molecule has 0 aromatic carbocycles. The molecular formula is C28H28N8O2. The van der Waals surface area contributed by atoms with Gasteiger partial charge in [0, 0.05) is 35.6 Å². The van der Waals surface area contributed by atoms with Gasteiger partial charge in [-0.25, -0.2) is 0 Å². The maximum Gasteiger partial charge on any atom is 0.231 e. The van der Waals surface area contributed by atoms with Crippen LogP contribution in [0.2, 0.25) is 0 Å². The number of hydrogen-bond acceptors (Lipinski definition) is 8. The van der Waals surface area contributed by atoms with Gasteiger partial charge in [-0.05, 0) is 74.2 Å². The normalized spacial score (nSPS) is 16.9. The lowest BCUT2D eigenvalue weighted by Gasteiger charge is -2.27. The molecule has 0 saturated heterocycles. The van der Waals surface area contributed by atoms with E-state index in [1.54, 1.807) is 24.5 Å². The van der Waals surface area contributed by atoms with Crippen molar-refractivity contribution in [1.29, 1.82) is 0 Å². The van der Waals surface area contributed by atoms with E-state index in [0.29, 0.717) is 34.9 Å². The average molecular weight is 509 g/mol. The first-order valence-electron chi connectivity index (χ1n) is 12.7. The van der Waals surface area contributed by atoms with Crippen LogP contribution in [0.15, 0.2) is 73.1 Å². The van der Waals surface area contributed by atoms with E-state index in [0.717, 1.165) is 37.1 Å². The van der Waals surface area contributed by atoms with E-state index in [-0.39, 0.29) is 24.7 Å². The molecule has 2 N–H and O–H groups in total. The number of hydrogen-bond donors (Lipinski definition) is 2. The Morgan fingerprint density at radius 2 is 1.05 bits per heavy atom. The lowest BCUT2D eigenvalue weighted by molar-refractivity contribution is -0.116. The summed E-state index contributed by atoms with van der Waals surface area (Å²) in [5.41, 5.74) is 3.28. The third kappa shape index (κ3) is 6.78. The molecule has 192 valence electrons. The second-order valence-corrected chi connectivity index (χ2v) is 9.33. The van der Waals surface area contributed by atoms with Crippen LogP contribution >= 0.6 is 0 Å². The Hall–Kier alpha value is -4.60. The van der Waals surface area contributed by atoms with Gasteiger partial charge in [0.05, 0.1) is 24.2 Å². The minimum absolute atomic E-state index is 0.175. The Labute approximate surface area is 220 Å². The highest BCUT2D eigenvalue weighted by Crippen LogP contribution is 2.39. The summed E-state index contributed by atoms with van der Waals surface area (Å²) in [6, 6.07) is 18.5. The Morgan fingerprint density at radius 3 is 1.39 bits per heavy atom. The van der Waals surface area contributed by atoms with Gasteiger partial charge in [-0.15, -0.1) is 10.2 Å². The van der Waals surface area contributed by atoms with Crippen molar-refractivity contribution in [3.8, 4) is 0 Å². The van der Waals surface area contributed by atoms with Gasteiger partial charge in [-0.2, -0.15) is 10.2 Å². The molecule has 1 saturated carbocycles. The second-order valence-electron chi connectivity index (χ2n) is 9.33. The second kappa shape index (κ2) is 12.1. The van der Waals surface area contributed by atoms with Crippen LogP contribution in [0.5, 0.6) is 0 Å². The zero-order chi connectivity index (χ0) is 26.2. The highest BCUT2D eigenvalue weighted by molar-refractivity contribution is 5.91. The third-order valence-electron chi connectivity index (χ3n) is 6.60. The van der Waals surface area contributed by atoms with E-state index in [4.69, 9.17) is 0 Å². The highest BCUT2D eigenvalue weighted by atomic mass is 16.2. The van der Waals surface area contributed by atoms with E-state index in [1.807, 2.05) is 48.5 Å². The van der Waals surface area contributed by atoms with Crippen LogP contribution in [-0.2, 0) is 22.4 Å². The molecular weight excluding hydrogens is 480 g/mol. The number of pyridine rings is 2. The SMILES string of the molecule is O=C(Cc1ccccn1)Nc1ccc([C@H]2CC[C@H](c3ccc(NC(=O)Cc4ccccn4)nn3)CC2)nn1. The highest BCUT2D eigenvalue weighted by Gasteiger charge is 2.26. The van der Waals surface area contributed by atoms with Crippen LogP contribution in [0.3, 0.4) is 0 Å². The fraction of sp³-hybridized carbons (Fsp3) is 0.286. The minimum Gasteiger partial charge on any atom is -0.309 e. The zero-order valence-corrected chi connectivity index (χ0v) is 20.8. The van der Waals surface area contributed by atoms with Crippen molar-refractivity contribution in [2.75, 3.05) is 10.6 Å². The molecule has 0 spiro atoms. The van der Waals surface area contributed by atoms with Crippen molar-refractivity contribution in [2.45, 2.75) is 50.4 Å². The van der Waals surface area contributed by atoms with Gasteiger partial charge < -0.3 is 10.6 Å². The average Bonchev–Trinajstić information content (AvgIpc) is 2.95. The van der Waals surface area contributed by atoms with Crippen LogP contribution in [0.25, 0.3) is 0 Å². The lowest BCUT2D eigenvalue weighted by atomic mass is 9.79. The van der Waals surface area contributed by atoms with E-state index < -0.39 is 0 Å². The number of carbonyl (C=O) groups is 2. The topological polar surface area (TPSA) is 136 Å². The summed E-state index contributed by atoms with van der Waals surface area (Å²) in [5.74, 6) is 1.15. The van der Waals surface area contributed by atoms with E-state index in [1.165, 1.54) is 0 Å². The first-order chi connectivity index (χ1) is 18.6. The molecule has 1 fully saturated rings. The van der Waals surface area contributed by atoms with Crippen molar-refractivity contribution in [3.63, 3.8) is 0 Å². The van der Waals surface area contributed by atoms with Crippen LogP contribution in [0.4, 0.5) is 11.6 Å². The molecule has 0 bridgehead atoms. The molecule has 10 heteroatoms. The van der Waals surface area contributed by atoms with E-state index in [9.17, 15) is 9.59 Å². The number of rotatable bonds is 8. The van der Waals surface area contributed by atoms with Crippen molar-refractivity contribution < 1.29 is 9.59 Å². The molecule has 5 rings (SSSR count). The predicted octanol–water partition coefficient (Wildman–Crippen LogP) is 3.86. The molecule has 4 heterocycles. The van der Waals surface area contributed by atoms with Crippen LogP contribution in [0, 0.1) is 0 Å². The molecule has 10 nitrogen and oxygen atoms in total. The first kappa shape index (κ1) is 25.1. The molecule has 0 atom stereocenters. The summed E-state index contributed by atoms with van der Waals surface area (Å²) in [6.07, 6.45) is 7.58. The Bertz CT molecular complexity index is 1230. The van der Waals surface area contributed by atoms with Gasteiger partial charge >= 0.3 is 0 Å². The van der Waals surface area contributed by atoms with E-state index >= 15 is 0 Å². The van der Waals surface area contributed by atoms with Gasteiger partial charge in [0.2, 0.25) is 11.8 Å². The standard InChI is InChI=1S/C28H28N8O2/c37-27(17-21-5-1-3-15-29-21)31-25-13-11-23(33-35-25)19-7-9-20(10-8-19)24-12-14-26(36-34-24)32-28(38)18-22-6-2-4-16-30-22/h1-6,11-16,19-20H,7-10,17-18H2,(H,31,35,37)(H,32,36,38)/t19-,20-. The fourth-order valence-corrected chi connectivity index (χ4v) is 4.65. The number of aromatic nitrogens is 6. The Balaban J connectivity index is 1.08. The van der Waals surface area contributed by atoms with Crippen molar-refractivity contribution in [1.82, 2.24) is 30.4 Å². The molecule has 4 aromatic heterocycles. The van der Waals surface area contributed by atoms with E-state index in [2.05, 4.69) is 41.0 Å². The Kier molecular flexibility index (Phi) is 7.98. The monoisotopic (exact) mass is 508 g/mol. The third-order valence-corrected chi connectivity index (χ3v) is 6.60. The summed E-state index contributed by atoms with van der Waals surface area (Å²) < 4.78 is 0. The minimum atomic E-state index is -0.175. The maximum atomic E-state index is 12.2. The quantitative estimate of drug-likeness (QED) is 0.366. The van der Waals surface area contributed by atoms with Gasteiger partial charge in [0.1, 0.15) is 0 Å². The summed E-state index contributed by atoms with van der Waals surface area (Å²) in [6.45, 7) is 0. The molecule has 2 amide bonds. The number of amides is 2. The largest absolute Gasteiger partial charge is 0.309 e. The summed E-state index contributed by atoms with van der Waals surface area (Å²) in [4.78, 5) is 32.8. The number of anilines is 2. The van der Waals surface area contributed by atoms with Crippen LogP contribution < -0.4 is 10.6 Å². The summed E-state index contributed by atoms with van der Waals surface area (Å²) in [5, 5.41) is 22.7. The van der Waals surface area contributed by atoms with Crippen molar-refractivity contribution >= 4 is 23.5 Å². The van der Waals surface area contributed by atoms with Gasteiger partial charge in [-0.3, -0.25) is 19.6 Å². The maximum absolute atomic E-state index is 12.2. The molecule has 38 heavy (non-hydrogen) atoms. The molecule has 0 aliphatic heterocycles. The summed E-state index contributed by atoms with van der Waals surface area (Å²) >= 11 is 0. The van der Waals surface area contributed by atoms with Crippen molar-refractivity contribution in [3.05, 3.63) is 95.8 Å². The molecule has 0 unspecified atom stereocenters. The first-order valence-corrected chi connectivity index (χ1v) is 12.7. The van der Waals surface area contributed by atoms with Gasteiger partial charge in [-0.1, -0.05) is 12.1 Å². The lowest BCUT2D eigenvalue weighted by Crippen LogP contribution is -2.18. The zero-order valence-electron chi connectivity index (χ0n) is 20.8. The van der Waals surface area contributed by atoms with Crippen LogP contribution in [-0.4, -0.2) is 42.2 Å². The number of nitrogens with zero attached hydrogens (tertiary/aromatic N) is 6. The molecule has 4 aromatic rings.